The summed E-state index contributed by atoms with van der Waals surface area (Å²) in [5, 5.41) is 11.5. The lowest BCUT2D eigenvalue weighted by atomic mass is 10.2. The normalized spacial score (nSPS) is 10.8. The van der Waals surface area contributed by atoms with Crippen LogP contribution in [0.3, 0.4) is 0 Å². The summed E-state index contributed by atoms with van der Waals surface area (Å²) in [4.78, 5) is 19.1. The molecule has 6 heteroatoms. The van der Waals surface area contributed by atoms with Crippen molar-refractivity contribution in [3.63, 3.8) is 0 Å². The van der Waals surface area contributed by atoms with Crippen LogP contribution in [0.5, 0.6) is 0 Å². The topological polar surface area (TPSA) is 73.8 Å². The van der Waals surface area contributed by atoms with Gasteiger partial charge >= 0.3 is 0 Å². The van der Waals surface area contributed by atoms with E-state index >= 15 is 0 Å². The van der Waals surface area contributed by atoms with E-state index in [4.69, 9.17) is 0 Å². The lowest BCUT2D eigenvalue weighted by Gasteiger charge is -2.06. The van der Waals surface area contributed by atoms with Crippen molar-refractivity contribution in [1.82, 2.24) is 14.5 Å². The van der Waals surface area contributed by atoms with Gasteiger partial charge in [-0.25, -0.2) is 9.97 Å². The molecule has 100 valence electrons. The Hall–Kier alpha value is -2.76. The fourth-order valence-electron chi connectivity index (χ4n) is 2.15. The summed E-state index contributed by atoms with van der Waals surface area (Å²) < 4.78 is 1.92. The second-order valence-corrected chi connectivity index (χ2v) is 4.37. The Labute approximate surface area is 114 Å². The van der Waals surface area contributed by atoms with Gasteiger partial charge in [-0.1, -0.05) is 6.92 Å². The first-order valence-corrected chi connectivity index (χ1v) is 6.27. The fourth-order valence-corrected chi connectivity index (χ4v) is 2.15. The highest BCUT2D eigenvalue weighted by Crippen LogP contribution is 2.21. The van der Waals surface area contributed by atoms with E-state index in [0.29, 0.717) is 0 Å². The molecule has 0 radical (unpaired) electrons. The molecular weight excluding hydrogens is 256 g/mol. The van der Waals surface area contributed by atoms with E-state index in [1.54, 1.807) is 12.3 Å². The molecule has 0 saturated carbocycles. The number of fused-ring (bicyclic) bond motifs is 1. The number of nitrogens with zero attached hydrogens (tertiary/aromatic N) is 4. The molecule has 0 N–H and O–H groups in total. The third-order valence-electron chi connectivity index (χ3n) is 3.15. The number of benzene rings is 1. The number of pyridine rings is 1. The van der Waals surface area contributed by atoms with E-state index in [-0.39, 0.29) is 5.69 Å². The molecule has 0 unspecified atom stereocenters. The SMILES string of the molecule is CCc1nccn1-c1ccc2cc([N+](=O)[O-])ccc2n1. The predicted octanol–water partition coefficient (Wildman–Crippen LogP) is 2.89. The molecule has 0 aliphatic carbocycles. The number of hydrogen-bond donors (Lipinski definition) is 0. The van der Waals surface area contributed by atoms with Crippen molar-refractivity contribution >= 4 is 16.6 Å². The molecule has 2 heterocycles. The quantitative estimate of drug-likeness (QED) is 0.540. The summed E-state index contributed by atoms with van der Waals surface area (Å²) in [6.07, 6.45) is 4.41. The average Bonchev–Trinajstić information content (AvgIpc) is 2.94. The van der Waals surface area contributed by atoms with Crippen LogP contribution in [0.1, 0.15) is 12.7 Å². The number of nitro groups is 1. The average molecular weight is 268 g/mol. The standard InChI is InChI=1S/C14H12N4O2/c1-2-13-15-7-8-17(13)14-6-3-10-9-11(18(19)20)4-5-12(10)16-14/h3-9H,2H2,1H3. The zero-order valence-corrected chi connectivity index (χ0v) is 10.9. The van der Waals surface area contributed by atoms with Crippen LogP contribution in [-0.2, 0) is 6.42 Å². The molecule has 0 fully saturated rings. The first-order valence-electron chi connectivity index (χ1n) is 6.27. The minimum atomic E-state index is -0.404. The van der Waals surface area contributed by atoms with Gasteiger partial charge in [0.2, 0.25) is 0 Å². The van der Waals surface area contributed by atoms with E-state index in [2.05, 4.69) is 9.97 Å². The smallest absolute Gasteiger partial charge is 0.270 e. The highest BCUT2D eigenvalue weighted by atomic mass is 16.6. The molecule has 0 atom stereocenters. The molecule has 20 heavy (non-hydrogen) atoms. The van der Waals surface area contributed by atoms with Gasteiger partial charge in [0.05, 0.1) is 10.4 Å². The number of nitro benzene ring substituents is 1. The molecule has 0 spiro atoms. The van der Waals surface area contributed by atoms with Gasteiger partial charge in [-0.15, -0.1) is 0 Å². The largest absolute Gasteiger partial charge is 0.288 e. The van der Waals surface area contributed by atoms with Crippen molar-refractivity contribution in [3.8, 4) is 5.82 Å². The zero-order chi connectivity index (χ0) is 14.1. The van der Waals surface area contributed by atoms with Gasteiger partial charge in [-0.05, 0) is 18.2 Å². The zero-order valence-electron chi connectivity index (χ0n) is 10.9. The van der Waals surface area contributed by atoms with Crippen LogP contribution in [0.25, 0.3) is 16.7 Å². The summed E-state index contributed by atoms with van der Waals surface area (Å²) in [6, 6.07) is 8.34. The Bertz CT molecular complexity index is 795. The molecule has 0 saturated heterocycles. The van der Waals surface area contributed by atoms with Crippen molar-refractivity contribution in [2.75, 3.05) is 0 Å². The van der Waals surface area contributed by atoms with E-state index in [0.717, 1.165) is 29.0 Å². The maximum absolute atomic E-state index is 10.8. The van der Waals surface area contributed by atoms with Gasteiger partial charge in [0.15, 0.2) is 0 Å². The Morgan fingerprint density at radius 3 is 2.90 bits per heavy atom. The van der Waals surface area contributed by atoms with Crippen LogP contribution in [0.2, 0.25) is 0 Å². The van der Waals surface area contributed by atoms with Crippen LogP contribution >= 0.6 is 0 Å². The van der Waals surface area contributed by atoms with Gasteiger partial charge in [-0.2, -0.15) is 0 Å². The van der Waals surface area contributed by atoms with Crippen molar-refractivity contribution in [2.24, 2.45) is 0 Å². The highest BCUT2D eigenvalue weighted by Gasteiger charge is 2.09. The first kappa shape index (κ1) is 12.3. The highest BCUT2D eigenvalue weighted by molar-refractivity contribution is 5.81. The third-order valence-corrected chi connectivity index (χ3v) is 3.15. The lowest BCUT2D eigenvalue weighted by molar-refractivity contribution is -0.384. The molecular formula is C14H12N4O2. The number of aryl methyl sites for hydroxylation is 1. The van der Waals surface area contributed by atoms with Gasteiger partial charge in [-0.3, -0.25) is 14.7 Å². The van der Waals surface area contributed by atoms with Crippen LogP contribution in [0.4, 0.5) is 5.69 Å². The van der Waals surface area contributed by atoms with Crippen molar-refractivity contribution in [2.45, 2.75) is 13.3 Å². The van der Waals surface area contributed by atoms with E-state index in [1.165, 1.54) is 12.1 Å². The Morgan fingerprint density at radius 2 is 2.15 bits per heavy atom. The van der Waals surface area contributed by atoms with Gasteiger partial charge in [0.1, 0.15) is 11.6 Å². The van der Waals surface area contributed by atoms with Crippen LogP contribution in [0.15, 0.2) is 42.7 Å². The maximum atomic E-state index is 10.8. The second-order valence-electron chi connectivity index (χ2n) is 4.37. The number of rotatable bonds is 3. The van der Waals surface area contributed by atoms with Gasteiger partial charge in [0, 0.05) is 36.3 Å². The van der Waals surface area contributed by atoms with Gasteiger partial charge in [0.25, 0.3) is 5.69 Å². The van der Waals surface area contributed by atoms with E-state index in [9.17, 15) is 10.1 Å². The molecule has 3 rings (SSSR count). The summed E-state index contributed by atoms with van der Waals surface area (Å²) in [5.41, 5.74) is 0.799. The molecule has 1 aromatic carbocycles. The molecule has 0 aliphatic rings. The Balaban J connectivity index is 2.12. The van der Waals surface area contributed by atoms with Crippen LogP contribution < -0.4 is 0 Å². The van der Waals surface area contributed by atoms with E-state index < -0.39 is 4.92 Å². The predicted molar refractivity (Wildman–Crippen MR) is 74.9 cm³/mol. The van der Waals surface area contributed by atoms with Gasteiger partial charge < -0.3 is 0 Å². The second kappa shape index (κ2) is 4.73. The number of non-ortho nitro benzene ring substituents is 1. The maximum Gasteiger partial charge on any atom is 0.270 e. The first-order chi connectivity index (χ1) is 9.69. The molecule has 2 aromatic heterocycles. The monoisotopic (exact) mass is 268 g/mol. The van der Waals surface area contributed by atoms with Crippen LogP contribution in [-0.4, -0.2) is 19.5 Å². The Morgan fingerprint density at radius 1 is 1.30 bits per heavy atom. The molecule has 3 aromatic rings. The molecule has 0 bridgehead atoms. The molecule has 6 nitrogen and oxygen atoms in total. The number of aromatic nitrogens is 3. The summed E-state index contributed by atoms with van der Waals surface area (Å²) in [6.45, 7) is 2.03. The summed E-state index contributed by atoms with van der Waals surface area (Å²) in [7, 11) is 0. The van der Waals surface area contributed by atoms with Crippen molar-refractivity contribution in [1.29, 1.82) is 0 Å². The summed E-state index contributed by atoms with van der Waals surface area (Å²) >= 11 is 0. The van der Waals surface area contributed by atoms with Crippen LogP contribution in [0, 0.1) is 10.1 Å². The number of imidazole rings is 1. The fraction of sp³-hybridized carbons (Fsp3) is 0.143. The molecule has 0 aliphatic heterocycles. The summed E-state index contributed by atoms with van der Waals surface area (Å²) in [5.74, 6) is 1.69. The van der Waals surface area contributed by atoms with E-state index in [1.807, 2.05) is 29.8 Å². The Kier molecular flexibility index (Phi) is 2.90. The van der Waals surface area contributed by atoms with Crippen molar-refractivity contribution in [3.05, 3.63) is 58.7 Å². The minimum Gasteiger partial charge on any atom is -0.288 e. The number of hydrogen-bond acceptors (Lipinski definition) is 4. The molecule has 0 amide bonds. The van der Waals surface area contributed by atoms with Crippen molar-refractivity contribution < 1.29 is 4.92 Å². The third kappa shape index (κ3) is 2.01. The minimum absolute atomic E-state index is 0.0731. The lowest BCUT2D eigenvalue weighted by Crippen LogP contribution is -2.01.